The lowest BCUT2D eigenvalue weighted by Gasteiger charge is -2.16. The molecule has 3 rings (SSSR count). The van der Waals surface area contributed by atoms with Crippen molar-refractivity contribution in [1.29, 1.82) is 5.26 Å². The summed E-state index contributed by atoms with van der Waals surface area (Å²) in [5.41, 5.74) is 3.89. The van der Waals surface area contributed by atoms with E-state index >= 15 is 0 Å². The molecule has 1 aromatic heterocycles. The van der Waals surface area contributed by atoms with E-state index in [0.29, 0.717) is 29.0 Å². The molecule has 1 heterocycles. The van der Waals surface area contributed by atoms with E-state index in [9.17, 15) is 4.79 Å². The minimum absolute atomic E-state index is 0.0648. The van der Waals surface area contributed by atoms with Gasteiger partial charge >= 0.3 is 0 Å². The molecule has 0 aliphatic heterocycles. The molecule has 1 amide bonds. The minimum atomic E-state index is -0.0648. The maximum absolute atomic E-state index is 12.4. The van der Waals surface area contributed by atoms with Crippen molar-refractivity contribution in [3.05, 3.63) is 58.6 Å². The number of benzene rings is 2. The van der Waals surface area contributed by atoms with Crippen molar-refractivity contribution in [1.82, 2.24) is 19.7 Å². The fourth-order valence-corrected chi connectivity index (χ4v) is 4.04. The first kappa shape index (κ1) is 21.9. The molecule has 0 N–H and O–H groups in total. The molecule has 3 aromatic rings. The SMILES string of the molecule is Cc1ccc(C)c(-n2c(SCC(=O)N(C)CCC#N)nnc2-c2ccccc2Cl)c1. The van der Waals surface area contributed by atoms with Crippen LogP contribution in [0.1, 0.15) is 17.5 Å². The van der Waals surface area contributed by atoms with Crippen molar-refractivity contribution in [2.75, 3.05) is 19.3 Å². The molecule has 30 heavy (non-hydrogen) atoms. The van der Waals surface area contributed by atoms with Crippen LogP contribution >= 0.6 is 23.4 Å². The predicted molar refractivity (Wildman–Crippen MR) is 120 cm³/mol. The van der Waals surface area contributed by atoms with Gasteiger partial charge in [-0.15, -0.1) is 10.2 Å². The van der Waals surface area contributed by atoms with Crippen LogP contribution in [0.4, 0.5) is 0 Å². The zero-order valence-corrected chi connectivity index (χ0v) is 18.7. The number of rotatable bonds is 7. The van der Waals surface area contributed by atoms with Crippen LogP contribution in [0.15, 0.2) is 47.6 Å². The molecule has 0 saturated carbocycles. The highest BCUT2D eigenvalue weighted by atomic mass is 35.5. The zero-order chi connectivity index (χ0) is 21.7. The maximum atomic E-state index is 12.4. The van der Waals surface area contributed by atoms with Gasteiger partial charge in [-0.25, -0.2) is 0 Å². The van der Waals surface area contributed by atoms with Crippen molar-refractivity contribution in [3.63, 3.8) is 0 Å². The Morgan fingerprint density at radius 3 is 2.73 bits per heavy atom. The third-order valence-corrected chi connectivity index (χ3v) is 5.91. The molecule has 8 heteroatoms. The van der Waals surface area contributed by atoms with Gasteiger partial charge in [0.25, 0.3) is 0 Å². The summed E-state index contributed by atoms with van der Waals surface area (Å²) in [5.74, 6) is 0.764. The first-order valence-corrected chi connectivity index (χ1v) is 10.8. The molecular formula is C22H22ClN5OS. The monoisotopic (exact) mass is 439 g/mol. The molecule has 0 atom stereocenters. The van der Waals surface area contributed by atoms with E-state index in [1.54, 1.807) is 11.9 Å². The lowest BCUT2D eigenvalue weighted by atomic mass is 10.1. The van der Waals surface area contributed by atoms with Crippen LogP contribution in [-0.2, 0) is 4.79 Å². The van der Waals surface area contributed by atoms with Crippen LogP contribution in [0.5, 0.6) is 0 Å². The smallest absolute Gasteiger partial charge is 0.232 e. The van der Waals surface area contributed by atoms with Gasteiger partial charge < -0.3 is 4.90 Å². The fourth-order valence-electron chi connectivity index (χ4n) is 2.94. The highest BCUT2D eigenvalue weighted by Crippen LogP contribution is 2.33. The second-order valence-corrected chi connectivity index (χ2v) is 8.27. The number of amides is 1. The number of hydrogen-bond acceptors (Lipinski definition) is 5. The summed E-state index contributed by atoms with van der Waals surface area (Å²) in [4.78, 5) is 14.0. The van der Waals surface area contributed by atoms with Crippen LogP contribution in [0.25, 0.3) is 17.1 Å². The first-order valence-electron chi connectivity index (χ1n) is 9.44. The van der Waals surface area contributed by atoms with E-state index in [4.69, 9.17) is 16.9 Å². The maximum Gasteiger partial charge on any atom is 0.232 e. The topological polar surface area (TPSA) is 74.8 Å². The van der Waals surface area contributed by atoms with E-state index in [2.05, 4.69) is 34.5 Å². The largest absolute Gasteiger partial charge is 0.344 e. The summed E-state index contributed by atoms with van der Waals surface area (Å²) in [6, 6.07) is 15.7. The van der Waals surface area contributed by atoms with Crippen molar-refractivity contribution >= 4 is 29.3 Å². The molecule has 154 valence electrons. The average molecular weight is 440 g/mol. The number of nitriles is 1. The molecule has 0 radical (unpaired) electrons. The van der Waals surface area contributed by atoms with E-state index < -0.39 is 0 Å². The number of aryl methyl sites for hydroxylation is 2. The van der Waals surface area contributed by atoms with E-state index in [1.807, 2.05) is 42.7 Å². The van der Waals surface area contributed by atoms with Crippen molar-refractivity contribution in [3.8, 4) is 23.1 Å². The normalized spacial score (nSPS) is 10.6. The minimum Gasteiger partial charge on any atom is -0.344 e. The van der Waals surface area contributed by atoms with Gasteiger partial charge in [0.05, 0.1) is 29.0 Å². The molecule has 0 fully saturated rings. The van der Waals surface area contributed by atoms with Crippen LogP contribution < -0.4 is 0 Å². The summed E-state index contributed by atoms with van der Waals surface area (Å²) in [6.45, 7) is 4.47. The molecule has 0 saturated heterocycles. The highest BCUT2D eigenvalue weighted by Gasteiger charge is 2.20. The third-order valence-electron chi connectivity index (χ3n) is 4.66. The molecular weight excluding hydrogens is 418 g/mol. The quantitative estimate of drug-likeness (QED) is 0.500. The third kappa shape index (κ3) is 4.84. The molecule has 0 aliphatic rings. The second-order valence-electron chi connectivity index (χ2n) is 6.92. The second kappa shape index (κ2) is 9.79. The van der Waals surface area contributed by atoms with Crippen molar-refractivity contribution < 1.29 is 4.79 Å². The van der Waals surface area contributed by atoms with Gasteiger partial charge in [-0.05, 0) is 43.2 Å². The van der Waals surface area contributed by atoms with Gasteiger partial charge in [0.2, 0.25) is 5.91 Å². The number of carbonyl (C=O) groups is 1. The predicted octanol–water partition coefficient (Wildman–Crippen LogP) is 4.67. The number of hydrogen-bond donors (Lipinski definition) is 0. The lowest BCUT2D eigenvalue weighted by molar-refractivity contribution is -0.127. The Kier molecular flexibility index (Phi) is 7.14. The Bertz CT molecular complexity index is 1110. The molecule has 6 nitrogen and oxygen atoms in total. The van der Waals surface area contributed by atoms with Crippen molar-refractivity contribution in [2.45, 2.75) is 25.4 Å². The number of carbonyl (C=O) groups excluding carboxylic acids is 1. The van der Waals surface area contributed by atoms with Gasteiger partial charge in [-0.1, -0.05) is 47.6 Å². The number of halogens is 1. The molecule has 0 spiro atoms. The fraction of sp³-hybridized carbons (Fsp3) is 0.273. The molecule has 0 aliphatic carbocycles. The van der Waals surface area contributed by atoms with Crippen LogP contribution in [0.3, 0.4) is 0 Å². The number of aromatic nitrogens is 3. The van der Waals surface area contributed by atoms with Gasteiger partial charge in [0.15, 0.2) is 11.0 Å². The van der Waals surface area contributed by atoms with E-state index in [-0.39, 0.29) is 11.7 Å². The average Bonchev–Trinajstić information content (AvgIpc) is 3.15. The molecule has 0 bridgehead atoms. The standard InChI is InChI=1S/C22H22ClN5OS/c1-15-9-10-16(2)19(13-15)28-21(17-7-4-5-8-18(17)23)25-26-22(28)30-14-20(29)27(3)12-6-11-24/h4-5,7-10,13H,6,12,14H2,1-3H3. The summed E-state index contributed by atoms with van der Waals surface area (Å²) in [5, 5.41) is 18.7. The molecule has 0 unspecified atom stereocenters. The van der Waals surface area contributed by atoms with Crippen molar-refractivity contribution in [2.24, 2.45) is 0 Å². The number of nitrogens with zero attached hydrogens (tertiary/aromatic N) is 5. The van der Waals surface area contributed by atoms with Gasteiger partial charge in [-0.3, -0.25) is 9.36 Å². The molecule has 2 aromatic carbocycles. The Morgan fingerprint density at radius 2 is 2.00 bits per heavy atom. The Morgan fingerprint density at radius 1 is 1.23 bits per heavy atom. The first-order chi connectivity index (χ1) is 14.4. The highest BCUT2D eigenvalue weighted by molar-refractivity contribution is 7.99. The van der Waals surface area contributed by atoms with Crippen LogP contribution in [0.2, 0.25) is 5.02 Å². The lowest BCUT2D eigenvalue weighted by Crippen LogP contribution is -2.29. The van der Waals surface area contributed by atoms with Gasteiger partial charge in [0, 0.05) is 19.2 Å². The zero-order valence-electron chi connectivity index (χ0n) is 17.1. The van der Waals surface area contributed by atoms with Gasteiger partial charge in [0.1, 0.15) is 0 Å². The van der Waals surface area contributed by atoms with Crippen LogP contribution in [-0.4, -0.2) is 44.9 Å². The van der Waals surface area contributed by atoms with E-state index in [1.165, 1.54) is 11.8 Å². The van der Waals surface area contributed by atoms with Gasteiger partial charge in [-0.2, -0.15) is 5.26 Å². The van der Waals surface area contributed by atoms with E-state index in [0.717, 1.165) is 22.4 Å². The summed E-state index contributed by atoms with van der Waals surface area (Å²) < 4.78 is 1.96. The van der Waals surface area contributed by atoms with Crippen LogP contribution in [0, 0.1) is 25.2 Å². The summed E-state index contributed by atoms with van der Waals surface area (Å²) in [7, 11) is 1.70. The Balaban J connectivity index is 2.00. The Hall–Kier alpha value is -2.82. The number of thioether (sulfide) groups is 1. The summed E-state index contributed by atoms with van der Waals surface area (Å²) >= 11 is 7.76. The summed E-state index contributed by atoms with van der Waals surface area (Å²) in [6.07, 6.45) is 0.308. The Labute approximate surface area is 185 Å².